The molecule has 0 amide bonds. The van der Waals surface area contributed by atoms with Crippen molar-refractivity contribution in [2.45, 2.75) is 26.4 Å². The van der Waals surface area contributed by atoms with Crippen LogP contribution in [0.15, 0.2) is 34.7 Å². The molecule has 3 rings (SSSR count). The molecule has 1 aliphatic heterocycles. The Morgan fingerprint density at radius 2 is 1.52 bits per heavy atom. The highest BCUT2D eigenvalue weighted by Gasteiger charge is 2.18. The molecule has 2 heterocycles. The molecule has 112 valence electrons. The molecule has 1 aliphatic rings. The summed E-state index contributed by atoms with van der Waals surface area (Å²) in [6.45, 7) is 8.11. The predicted octanol–water partition coefficient (Wildman–Crippen LogP) is 1.95. The summed E-state index contributed by atoms with van der Waals surface area (Å²) in [5.41, 5.74) is 1.38. The highest BCUT2D eigenvalue weighted by Crippen LogP contribution is 2.11. The van der Waals surface area contributed by atoms with Crippen LogP contribution in [0.4, 0.5) is 0 Å². The van der Waals surface area contributed by atoms with Crippen molar-refractivity contribution in [1.82, 2.24) is 20.0 Å². The Kier molecular flexibility index (Phi) is 4.62. The zero-order chi connectivity index (χ0) is 14.5. The van der Waals surface area contributed by atoms with E-state index < -0.39 is 0 Å². The summed E-state index contributed by atoms with van der Waals surface area (Å²) in [5, 5.41) is 8.11. The molecule has 0 saturated carbocycles. The van der Waals surface area contributed by atoms with Crippen LogP contribution in [-0.2, 0) is 19.5 Å². The van der Waals surface area contributed by atoms with E-state index in [0.29, 0.717) is 0 Å². The lowest BCUT2D eigenvalue weighted by atomic mass is 10.2. The molecular formula is C16H22N4O. The van der Waals surface area contributed by atoms with Crippen LogP contribution >= 0.6 is 0 Å². The fourth-order valence-corrected chi connectivity index (χ4v) is 2.63. The Morgan fingerprint density at radius 3 is 2.14 bits per heavy atom. The molecule has 5 heteroatoms. The Hall–Kier alpha value is -1.72. The van der Waals surface area contributed by atoms with E-state index in [4.69, 9.17) is 4.42 Å². The van der Waals surface area contributed by atoms with E-state index >= 15 is 0 Å². The lowest BCUT2D eigenvalue weighted by molar-refractivity contribution is 0.114. The third-order valence-electron chi connectivity index (χ3n) is 3.88. The van der Waals surface area contributed by atoms with Crippen LogP contribution in [0.5, 0.6) is 0 Å². The molecule has 2 aromatic rings. The van der Waals surface area contributed by atoms with Crippen molar-refractivity contribution < 1.29 is 4.42 Å². The maximum atomic E-state index is 5.58. The molecular weight excluding hydrogens is 264 g/mol. The van der Waals surface area contributed by atoms with Gasteiger partial charge in [-0.1, -0.05) is 37.3 Å². The van der Waals surface area contributed by atoms with E-state index in [9.17, 15) is 0 Å². The van der Waals surface area contributed by atoms with Gasteiger partial charge < -0.3 is 4.42 Å². The molecule has 0 aliphatic carbocycles. The van der Waals surface area contributed by atoms with Gasteiger partial charge in [-0.05, 0) is 5.56 Å². The molecule has 0 unspecified atom stereocenters. The topological polar surface area (TPSA) is 45.4 Å². The van der Waals surface area contributed by atoms with E-state index in [2.05, 4.69) is 50.3 Å². The zero-order valence-corrected chi connectivity index (χ0v) is 12.5. The van der Waals surface area contributed by atoms with Crippen LogP contribution in [0.25, 0.3) is 0 Å². The normalized spacial score (nSPS) is 17.2. The van der Waals surface area contributed by atoms with Crippen molar-refractivity contribution in [3.63, 3.8) is 0 Å². The lowest BCUT2D eigenvalue weighted by Crippen LogP contribution is -2.45. The van der Waals surface area contributed by atoms with Crippen molar-refractivity contribution in [3.05, 3.63) is 47.7 Å². The second-order valence-corrected chi connectivity index (χ2v) is 5.48. The molecule has 1 aromatic heterocycles. The lowest BCUT2D eigenvalue weighted by Gasteiger charge is -2.33. The Morgan fingerprint density at radius 1 is 0.905 bits per heavy atom. The van der Waals surface area contributed by atoms with Gasteiger partial charge in [0.05, 0.1) is 6.54 Å². The second kappa shape index (κ2) is 6.83. The van der Waals surface area contributed by atoms with Gasteiger partial charge in [-0.15, -0.1) is 10.2 Å². The third kappa shape index (κ3) is 3.89. The van der Waals surface area contributed by atoms with Gasteiger partial charge in [0.1, 0.15) is 0 Å². The van der Waals surface area contributed by atoms with Crippen LogP contribution in [0.1, 0.15) is 24.3 Å². The Balaban J connectivity index is 1.46. The molecule has 21 heavy (non-hydrogen) atoms. The minimum atomic E-state index is 0.729. The first-order valence-corrected chi connectivity index (χ1v) is 7.63. The highest BCUT2D eigenvalue weighted by atomic mass is 16.4. The first-order valence-electron chi connectivity index (χ1n) is 7.63. The minimum absolute atomic E-state index is 0.729. The van der Waals surface area contributed by atoms with Crippen molar-refractivity contribution in [2.24, 2.45) is 0 Å². The van der Waals surface area contributed by atoms with Gasteiger partial charge in [-0.25, -0.2) is 0 Å². The van der Waals surface area contributed by atoms with Crippen LogP contribution in [0.2, 0.25) is 0 Å². The quantitative estimate of drug-likeness (QED) is 0.840. The van der Waals surface area contributed by atoms with Gasteiger partial charge in [0.25, 0.3) is 0 Å². The summed E-state index contributed by atoms with van der Waals surface area (Å²) in [6.07, 6.45) is 0.803. The molecule has 0 bridgehead atoms. The summed E-state index contributed by atoms with van der Waals surface area (Å²) in [4.78, 5) is 4.88. The first kappa shape index (κ1) is 14.2. The number of rotatable bonds is 5. The maximum Gasteiger partial charge on any atom is 0.230 e. The van der Waals surface area contributed by atoms with Gasteiger partial charge in [0.15, 0.2) is 0 Å². The number of aryl methyl sites for hydroxylation is 1. The largest absolute Gasteiger partial charge is 0.424 e. The fourth-order valence-electron chi connectivity index (χ4n) is 2.63. The smallest absolute Gasteiger partial charge is 0.230 e. The van der Waals surface area contributed by atoms with Crippen molar-refractivity contribution in [1.29, 1.82) is 0 Å². The van der Waals surface area contributed by atoms with Crippen molar-refractivity contribution in [3.8, 4) is 0 Å². The van der Waals surface area contributed by atoms with Gasteiger partial charge >= 0.3 is 0 Å². The van der Waals surface area contributed by atoms with Crippen LogP contribution < -0.4 is 0 Å². The van der Waals surface area contributed by atoms with Crippen LogP contribution in [0, 0.1) is 0 Å². The molecule has 1 fully saturated rings. The van der Waals surface area contributed by atoms with Crippen molar-refractivity contribution in [2.75, 3.05) is 26.2 Å². The second-order valence-electron chi connectivity index (χ2n) is 5.48. The molecule has 0 atom stereocenters. The Labute approximate surface area is 125 Å². The molecule has 0 N–H and O–H groups in total. The van der Waals surface area contributed by atoms with Gasteiger partial charge in [0, 0.05) is 39.1 Å². The molecule has 5 nitrogen and oxygen atoms in total. The average Bonchev–Trinajstić information content (AvgIpc) is 2.98. The van der Waals surface area contributed by atoms with Gasteiger partial charge in [-0.3, -0.25) is 9.80 Å². The maximum absolute atomic E-state index is 5.58. The van der Waals surface area contributed by atoms with E-state index in [-0.39, 0.29) is 0 Å². The summed E-state index contributed by atoms with van der Waals surface area (Å²) < 4.78 is 5.58. The number of piperazine rings is 1. The predicted molar refractivity (Wildman–Crippen MR) is 80.7 cm³/mol. The molecule has 1 saturated heterocycles. The van der Waals surface area contributed by atoms with E-state index in [1.165, 1.54) is 5.56 Å². The fraction of sp³-hybridized carbons (Fsp3) is 0.500. The Bertz CT molecular complexity index is 546. The number of benzene rings is 1. The molecule has 1 aromatic carbocycles. The van der Waals surface area contributed by atoms with Gasteiger partial charge in [0.2, 0.25) is 11.8 Å². The van der Waals surface area contributed by atoms with Gasteiger partial charge in [-0.2, -0.15) is 0 Å². The number of nitrogens with zero attached hydrogens (tertiary/aromatic N) is 4. The van der Waals surface area contributed by atoms with Crippen LogP contribution in [-0.4, -0.2) is 46.2 Å². The SMILES string of the molecule is CCc1nnc(CN2CCN(Cc3ccccc3)CC2)o1. The number of hydrogen-bond donors (Lipinski definition) is 0. The highest BCUT2D eigenvalue weighted by molar-refractivity contribution is 5.14. The number of hydrogen-bond acceptors (Lipinski definition) is 5. The summed E-state index contributed by atoms with van der Waals surface area (Å²) >= 11 is 0. The van der Waals surface area contributed by atoms with Crippen LogP contribution in [0.3, 0.4) is 0 Å². The third-order valence-corrected chi connectivity index (χ3v) is 3.88. The summed E-state index contributed by atoms with van der Waals surface area (Å²) in [5.74, 6) is 1.47. The summed E-state index contributed by atoms with van der Waals surface area (Å²) in [7, 11) is 0. The van der Waals surface area contributed by atoms with E-state index in [0.717, 1.165) is 57.5 Å². The summed E-state index contributed by atoms with van der Waals surface area (Å²) in [6, 6.07) is 10.7. The number of aromatic nitrogens is 2. The first-order chi connectivity index (χ1) is 10.3. The monoisotopic (exact) mass is 286 g/mol. The minimum Gasteiger partial charge on any atom is -0.424 e. The zero-order valence-electron chi connectivity index (χ0n) is 12.5. The molecule has 0 radical (unpaired) electrons. The van der Waals surface area contributed by atoms with E-state index in [1.54, 1.807) is 0 Å². The van der Waals surface area contributed by atoms with Crippen molar-refractivity contribution >= 4 is 0 Å². The average molecular weight is 286 g/mol. The van der Waals surface area contributed by atoms with E-state index in [1.807, 2.05) is 6.92 Å². The standard InChI is InChI=1S/C16H22N4O/c1-2-15-17-18-16(21-15)13-20-10-8-19(9-11-20)12-14-6-4-3-5-7-14/h3-7H,2,8-13H2,1H3. The molecule has 0 spiro atoms.